The molecule has 4 aromatic rings. The maximum absolute atomic E-state index is 11.1. The zero-order valence-corrected chi connectivity index (χ0v) is 19.2. The van der Waals surface area contributed by atoms with Gasteiger partial charge in [-0.2, -0.15) is 0 Å². The van der Waals surface area contributed by atoms with Crippen LogP contribution in [0.4, 0.5) is 11.5 Å². The molecule has 1 atom stereocenters. The average Bonchev–Trinajstić information content (AvgIpc) is 3.17. The van der Waals surface area contributed by atoms with Crippen LogP contribution in [-0.2, 0) is 24.2 Å². The summed E-state index contributed by atoms with van der Waals surface area (Å²) < 4.78 is 5.81. The quantitative estimate of drug-likeness (QED) is 0.353. The Labute approximate surface area is 199 Å². The molecule has 0 saturated heterocycles. The predicted molar refractivity (Wildman–Crippen MR) is 128 cm³/mol. The highest BCUT2D eigenvalue weighted by Gasteiger charge is 2.26. The summed E-state index contributed by atoms with van der Waals surface area (Å²) in [6, 6.07) is 11.2. The van der Waals surface area contributed by atoms with Gasteiger partial charge in [-0.3, -0.25) is 9.78 Å². The van der Waals surface area contributed by atoms with Crippen molar-refractivity contribution in [2.45, 2.75) is 32.3 Å². The van der Waals surface area contributed by atoms with Crippen LogP contribution in [-0.4, -0.2) is 26.0 Å². The van der Waals surface area contributed by atoms with Crippen LogP contribution in [0.3, 0.4) is 0 Å². The molecule has 0 aliphatic heterocycles. The number of carboxylic acids is 1. The van der Waals surface area contributed by atoms with Crippen molar-refractivity contribution in [2.75, 3.05) is 5.32 Å². The number of aryl methyl sites for hydroxylation is 1. The maximum Gasteiger partial charge on any atom is 0.303 e. The number of pyridine rings is 1. The first-order chi connectivity index (χ1) is 16.1. The van der Waals surface area contributed by atoms with E-state index in [9.17, 15) is 4.79 Å². The van der Waals surface area contributed by atoms with Crippen molar-refractivity contribution in [1.29, 1.82) is 0 Å². The fourth-order valence-corrected chi connectivity index (χ4v) is 5.70. The van der Waals surface area contributed by atoms with Gasteiger partial charge in [0.05, 0.1) is 16.1 Å². The van der Waals surface area contributed by atoms with Crippen LogP contribution >= 0.6 is 22.9 Å². The molecule has 0 bridgehead atoms. The van der Waals surface area contributed by atoms with Crippen LogP contribution in [0.25, 0.3) is 10.2 Å². The first-order valence-corrected chi connectivity index (χ1v) is 11.8. The number of aliphatic carboxylic acids is 1. The Hall–Kier alpha value is -3.23. The maximum atomic E-state index is 11.1. The zero-order valence-electron chi connectivity index (χ0n) is 17.6. The Morgan fingerprint density at radius 3 is 2.94 bits per heavy atom. The van der Waals surface area contributed by atoms with Gasteiger partial charge in [0.15, 0.2) is 0 Å². The van der Waals surface area contributed by atoms with E-state index >= 15 is 0 Å². The molecule has 0 saturated carbocycles. The van der Waals surface area contributed by atoms with Gasteiger partial charge in [0, 0.05) is 23.2 Å². The standard InChI is InChI=1S/C24H21ClN4O3S/c25-18-11-15(5-7-19(18)32-12-16-3-1-2-8-26-16)29-23-22-17-6-4-14(10-21(30)31)9-20(17)33-24(22)28-13-27-23/h1-3,5,7-8,11,13-14H,4,6,9-10,12H2,(H,30,31)(H,27,28,29). The number of aromatic nitrogens is 3. The van der Waals surface area contributed by atoms with Crippen molar-refractivity contribution in [3.05, 3.63) is 70.1 Å². The molecule has 33 heavy (non-hydrogen) atoms. The van der Waals surface area contributed by atoms with E-state index in [1.165, 1.54) is 10.4 Å². The summed E-state index contributed by atoms with van der Waals surface area (Å²) in [5.74, 6) is 0.742. The van der Waals surface area contributed by atoms with Gasteiger partial charge in [0.1, 0.15) is 29.3 Å². The fourth-order valence-electron chi connectivity index (χ4n) is 4.16. The van der Waals surface area contributed by atoms with E-state index in [0.717, 1.165) is 46.7 Å². The molecule has 1 aliphatic carbocycles. The number of carboxylic acid groups (broad SMARTS) is 1. The van der Waals surface area contributed by atoms with Gasteiger partial charge in [-0.1, -0.05) is 17.7 Å². The second-order valence-electron chi connectivity index (χ2n) is 7.99. The molecule has 168 valence electrons. The van der Waals surface area contributed by atoms with Gasteiger partial charge in [-0.05, 0) is 61.1 Å². The lowest BCUT2D eigenvalue weighted by Crippen LogP contribution is -2.16. The number of nitrogens with one attached hydrogen (secondary N) is 1. The minimum atomic E-state index is -0.740. The molecule has 7 nitrogen and oxygen atoms in total. The highest BCUT2D eigenvalue weighted by molar-refractivity contribution is 7.19. The highest BCUT2D eigenvalue weighted by atomic mass is 35.5. The average molecular weight is 481 g/mol. The topological polar surface area (TPSA) is 97.2 Å². The third-order valence-electron chi connectivity index (χ3n) is 5.71. The summed E-state index contributed by atoms with van der Waals surface area (Å²) in [7, 11) is 0. The van der Waals surface area contributed by atoms with Gasteiger partial charge in [0.2, 0.25) is 0 Å². The molecule has 3 aromatic heterocycles. The molecule has 2 N–H and O–H groups in total. The molecule has 5 rings (SSSR count). The molecule has 0 amide bonds. The van der Waals surface area contributed by atoms with Gasteiger partial charge in [0.25, 0.3) is 0 Å². The van der Waals surface area contributed by atoms with Crippen LogP contribution in [0.2, 0.25) is 5.02 Å². The summed E-state index contributed by atoms with van der Waals surface area (Å²) in [6.07, 6.45) is 5.94. The smallest absolute Gasteiger partial charge is 0.303 e. The van der Waals surface area contributed by atoms with Crippen LogP contribution in [0.5, 0.6) is 5.75 Å². The van der Waals surface area contributed by atoms with Crippen molar-refractivity contribution in [1.82, 2.24) is 15.0 Å². The number of ether oxygens (including phenoxy) is 1. The molecule has 1 unspecified atom stereocenters. The SMILES string of the molecule is O=C(O)CC1CCc2c(sc3ncnc(Nc4ccc(OCc5ccccn5)c(Cl)c4)c23)C1. The van der Waals surface area contributed by atoms with Crippen molar-refractivity contribution in [3.63, 3.8) is 0 Å². The lowest BCUT2D eigenvalue weighted by Gasteiger charge is -2.20. The number of hydrogen-bond acceptors (Lipinski definition) is 7. The lowest BCUT2D eigenvalue weighted by molar-refractivity contribution is -0.138. The second-order valence-corrected chi connectivity index (χ2v) is 9.48. The van der Waals surface area contributed by atoms with Crippen LogP contribution < -0.4 is 10.1 Å². The number of nitrogens with zero attached hydrogens (tertiary/aromatic N) is 3. The van der Waals surface area contributed by atoms with E-state index in [4.69, 9.17) is 21.4 Å². The highest BCUT2D eigenvalue weighted by Crippen LogP contribution is 2.41. The zero-order chi connectivity index (χ0) is 22.8. The molecule has 3 heterocycles. The Bertz CT molecular complexity index is 1310. The second kappa shape index (κ2) is 9.33. The molecular weight excluding hydrogens is 460 g/mol. The van der Waals surface area contributed by atoms with E-state index in [2.05, 4.69) is 20.3 Å². The number of carbonyl (C=O) groups is 1. The van der Waals surface area contributed by atoms with Crippen LogP contribution in [0.1, 0.15) is 29.0 Å². The third-order valence-corrected chi connectivity index (χ3v) is 7.16. The largest absolute Gasteiger partial charge is 0.486 e. The minimum Gasteiger partial charge on any atom is -0.486 e. The van der Waals surface area contributed by atoms with Gasteiger partial charge < -0.3 is 15.2 Å². The Kier molecular flexibility index (Phi) is 6.11. The summed E-state index contributed by atoms with van der Waals surface area (Å²) in [5.41, 5.74) is 2.85. The summed E-state index contributed by atoms with van der Waals surface area (Å²) in [6.45, 7) is 0.337. The molecule has 1 aliphatic rings. The van der Waals surface area contributed by atoms with E-state index in [1.807, 2.05) is 36.4 Å². The normalized spacial score (nSPS) is 15.2. The van der Waals surface area contributed by atoms with E-state index < -0.39 is 5.97 Å². The number of thiophene rings is 1. The van der Waals surface area contributed by atoms with Gasteiger partial charge in [-0.25, -0.2) is 9.97 Å². The minimum absolute atomic E-state index is 0.171. The Balaban J connectivity index is 1.36. The number of halogens is 1. The molecule has 0 spiro atoms. The number of hydrogen-bond donors (Lipinski definition) is 2. The first kappa shape index (κ1) is 21.6. The molecule has 9 heteroatoms. The number of rotatable bonds is 7. The van der Waals surface area contributed by atoms with Gasteiger partial charge >= 0.3 is 5.97 Å². The van der Waals surface area contributed by atoms with E-state index in [-0.39, 0.29) is 12.3 Å². The third kappa shape index (κ3) is 4.77. The lowest BCUT2D eigenvalue weighted by atomic mass is 9.86. The van der Waals surface area contributed by atoms with Crippen LogP contribution in [0, 0.1) is 5.92 Å². The Morgan fingerprint density at radius 2 is 2.15 bits per heavy atom. The summed E-state index contributed by atoms with van der Waals surface area (Å²) >= 11 is 8.10. The van der Waals surface area contributed by atoms with Crippen molar-refractivity contribution < 1.29 is 14.6 Å². The van der Waals surface area contributed by atoms with Crippen molar-refractivity contribution in [3.8, 4) is 5.75 Å². The Morgan fingerprint density at radius 1 is 1.24 bits per heavy atom. The first-order valence-electron chi connectivity index (χ1n) is 10.6. The van der Waals surface area contributed by atoms with Crippen LogP contribution in [0.15, 0.2) is 48.9 Å². The number of fused-ring (bicyclic) bond motifs is 3. The van der Waals surface area contributed by atoms with Gasteiger partial charge in [-0.15, -0.1) is 11.3 Å². The van der Waals surface area contributed by atoms with Crippen molar-refractivity contribution >= 4 is 50.6 Å². The predicted octanol–water partition coefficient (Wildman–Crippen LogP) is 5.64. The molecule has 0 fully saturated rings. The number of benzene rings is 1. The van der Waals surface area contributed by atoms with Crippen molar-refractivity contribution in [2.24, 2.45) is 5.92 Å². The summed E-state index contributed by atoms with van der Waals surface area (Å²) in [5, 5.41) is 14.0. The molecule has 0 radical (unpaired) electrons. The van der Waals surface area contributed by atoms with E-state index in [1.54, 1.807) is 23.9 Å². The monoisotopic (exact) mass is 480 g/mol. The molecular formula is C24H21ClN4O3S. The molecule has 1 aromatic carbocycles. The fraction of sp³-hybridized carbons (Fsp3) is 0.250. The number of anilines is 2. The summed E-state index contributed by atoms with van der Waals surface area (Å²) in [4.78, 5) is 26.4. The van der Waals surface area contributed by atoms with E-state index in [0.29, 0.717) is 17.4 Å².